The number of nitrogens with one attached hydrogen (secondary N) is 4. The summed E-state index contributed by atoms with van der Waals surface area (Å²) in [6, 6.07) is 10.8. The van der Waals surface area contributed by atoms with E-state index in [0.29, 0.717) is 5.69 Å². The van der Waals surface area contributed by atoms with E-state index in [-0.39, 0.29) is 36.4 Å². The molecule has 0 saturated carbocycles. The second kappa shape index (κ2) is 11.6. The molecule has 204 valence electrons. The molecule has 0 unspecified atom stereocenters. The fourth-order valence-corrected chi connectivity index (χ4v) is 3.48. The molecule has 4 rings (SSSR count). The number of alkyl halides is 3. The van der Waals surface area contributed by atoms with Crippen LogP contribution in [-0.4, -0.2) is 41.6 Å². The number of amides is 1. The van der Waals surface area contributed by atoms with Crippen LogP contribution in [0.2, 0.25) is 0 Å². The average molecular weight is 553 g/mol. The van der Waals surface area contributed by atoms with Crippen molar-refractivity contribution in [2.24, 2.45) is 0 Å². The van der Waals surface area contributed by atoms with Crippen molar-refractivity contribution in [2.45, 2.75) is 33.0 Å². The minimum Gasteiger partial charge on any atom is -0.388 e. The number of fused-ring (bicyclic) bond motifs is 1. The number of carbonyl (C=O) groups excluding carboxylic acids is 1. The number of aryl methyl sites for hydroxylation is 1. The molecule has 1 aliphatic rings. The van der Waals surface area contributed by atoms with Gasteiger partial charge in [-0.05, 0) is 54.8 Å². The van der Waals surface area contributed by atoms with Gasteiger partial charge in [0.1, 0.15) is 11.4 Å². The predicted molar refractivity (Wildman–Crippen MR) is 139 cm³/mol. The van der Waals surface area contributed by atoms with Crippen molar-refractivity contribution in [1.82, 2.24) is 9.97 Å². The Kier molecular flexibility index (Phi) is 8.78. The maximum Gasteiger partial charge on any atom is 0.421 e. The normalized spacial score (nSPS) is 12.7. The lowest BCUT2D eigenvalue weighted by atomic mass is 10.1. The van der Waals surface area contributed by atoms with Crippen molar-refractivity contribution in [3.8, 4) is 0 Å². The van der Waals surface area contributed by atoms with Crippen LogP contribution < -0.4 is 21.3 Å². The van der Waals surface area contributed by atoms with Gasteiger partial charge in [-0.1, -0.05) is 12.1 Å². The van der Waals surface area contributed by atoms with Gasteiger partial charge in [0.05, 0.1) is 12.2 Å². The molecule has 3 aromatic rings. The molecule has 1 amide bonds. The van der Waals surface area contributed by atoms with Crippen molar-refractivity contribution >= 4 is 44.9 Å². The van der Waals surface area contributed by atoms with Crippen LogP contribution in [0.15, 0.2) is 42.6 Å². The van der Waals surface area contributed by atoms with Gasteiger partial charge in [0.15, 0.2) is 0 Å². The highest BCUT2D eigenvalue weighted by Gasteiger charge is 2.35. The number of carbonyl (C=O) groups is 1. The Morgan fingerprint density at radius 3 is 2.50 bits per heavy atom. The van der Waals surface area contributed by atoms with Crippen molar-refractivity contribution in [3.05, 3.63) is 64.8 Å². The number of benzene rings is 2. The molecular weight excluding hydrogens is 525 g/mol. The van der Waals surface area contributed by atoms with Crippen LogP contribution in [0.1, 0.15) is 29.2 Å². The summed E-state index contributed by atoms with van der Waals surface area (Å²) in [4.78, 5) is 19.4. The van der Waals surface area contributed by atoms with Gasteiger partial charge < -0.3 is 21.3 Å². The highest BCUT2D eigenvalue weighted by atomic mass is 32.2. The van der Waals surface area contributed by atoms with Gasteiger partial charge >= 0.3 is 6.18 Å². The fraction of sp³-hybridized carbons (Fsp3) is 0.292. The third-order valence-electron chi connectivity index (χ3n) is 5.43. The van der Waals surface area contributed by atoms with Crippen molar-refractivity contribution in [2.75, 3.05) is 34.1 Å². The van der Waals surface area contributed by atoms with Gasteiger partial charge in [-0.25, -0.2) is 4.98 Å². The van der Waals surface area contributed by atoms with Crippen LogP contribution in [-0.2, 0) is 34.1 Å². The van der Waals surface area contributed by atoms with E-state index < -0.39 is 21.9 Å². The lowest BCUT2D eigenvalue weighted by Gasteiger charge is -2.16. The van der Waals surface area contributed by atoms with E-state index in [1.807, 2.05) is 25.1 Å². The van der Waals surface area contributed by atoms with E-state index in [2.05, 4.69) is 31.2 Å². The maximum absolute atomic E-state index is 13.5. The summed E-state index contributed by atoms with van der Waals surface area (Å²) in [5.74, 6) is -0.620. The summed E-state index contributed by atoms with van der Waals surface area (Å²) in [5.41, 5.74) is 3.79. The lowest BCUT2D eigenvalue weighted by Crippen LogP contribution is -2.15. The molecule has 5 N–H and O–H groups in total. The molecule has 2 aromatic carbocycles. The summed E-state index contributed by atoms with van der Waals surface area (Å²) < 4.78 is 67.5. The van der Waals surface area contributed by atoms with Crippen molar-refractivity contribution in [1.29, 1.82) is 0 Å². The standard InChI is InChI=1S/C22H21F3N6O.C2H6O3S/c1-12-3-4-13(18(7-12)26-2)10-27-20-16(22(23,24)25)11-28-21(31-20)29-15-5-6-17-14(8-15)9-19(32)30-17;1-2-6(3,4)5/h3-8,11,26H,9-10H2,1-2H3,(H,30,32)(H2,27,28,29,31);2H2,1H3,(H,3,4,5). The van der Waals surface area contributed by atoms with E-state index in [0.717, 1.165) is 34.3 Å². The summed E-state index contributed by atoms with van der Waals surface area (Å²) in [6.45, 7) is 3.45. The van der Waals surface area contributed by atoms with Crippen molar-refractivity contribution < 1.29 is 30.9 Å². The zero-order chi connectivity index (χ0) is 28.1. The molecule has 0 aliphatic carbocycles. The molecule has 1 aliphatic heterocycles. The summed E-state index contributed by atoms with van der Waals surface area (Å²) in [6.07, 6.45) is -3.61. The number of aromatic nitrogens is 2. The number of hydrogen-bond acceptors (Lipinski definition) is 8. The van der Waals surface area contributed by atoms with Gasteiger partial charge in [0.2, 0.25) is 11.9 Å². The minimum absolute atomic E-state index is 0.00970. The number of anilines is 5. The third kappa shape index (κ3) is 7.79. The molecule has 38 heavy (non-hydrogen) atoms. The second-order valence-electron chi connectivity index (χ2n) is 8.31. The Morgan fingerprint density at radius 1 is 1.16 bits per heavy atom. The van der Waals surface area contributed by atoms with Gasteiger partial charge in [-0.2, -0.15) is 26.6 Å². The van der Waals surface area contributed by atoms with Gasteiger partial charge in [0.25, 0.3) is 10.1 Å². The minimum atomic E-state index is -4.61. The monoisotopic (exact) mass is 552 g/mol. The highest BCUT2D eigenvalue weighted by molar-refractivity contribution is 7.85. The molecule has 0 spiro atoms. The molecule has 2 heterocycles. The Balaban J connectivity index is 0.000000599. The first-order valence-corrected chi connectivity index (χ1v) is 13.0. The van der Waals surface area contributed by atoms with E-state index >= 15 is 0 Å². The SMILES string of the molecule is CCS(=O)(=O)O.CNc1cc(C)ccc1CNc1nc(Nc2ccc3c(c2)CC(=O)N3)ncc1C(F)(F)F. The summed E-state index contributed by atoms with van der Waals surface area (Å²) in [7, 11) is -1.91. The third-order valence-corrected chi connectivity index (χ3v) is 6.16. The summed E-state index contributed by atoms with van der Waals surface area (Å²) >= 11 is 0. The van der Waals surface area contributed by atoms with Gasteiger partial charge in [-0.15, -0.1) is 0 Å². The smallest absolute Gasteiger partial charge is 0.388 e. The molecule has 0 atom stereocenters. The Labute approximate surface area is 217 Å². The van der Waals surface area contributed by atoms with Crippen molar-refractivity contribution in [3.63, 3.8) is 0 Å². The fourth-order valence-electron chi connectivity index (χ4n) is 3.48. The maximum atomic E-state index is 13.5. The molecular formula is C24H27F3N6O4S. The second-order valence-corrected chi connectivity index (χ2v) is 10.1. The molecule has 1 aromatic heterocycles. The average Bonchev–Trinajstić information content (AvgIpc) is 3.21. The van der Waals surface area contributed by atoms with Crippen LogP contribution in [0.5, 0.6) is 0 Å². The molecule has 0 fully saturated rings. The first-order chi connectivity index (χ1) is 17.8. The first kappa shape index (κ1) is 28.7. The Morgan fingerprint density at radius 2 is 1.87 bits per heavy atom. The van der Waals surface area contributed by atoms with E-state index in [9.17, 15) is 26.4 Å². The Hall–Kier alpha value is -3.91. The zero-order valence-corrected chi connectivity index (χ0v) is 21.6. The number of halogens is 3. The van der Waals surface area contributed by atoms with E-state index in [1.165, 1.54) is 6.92 Å². The van der Waals surface area contributed by atoms with E-state index in [1.54, 1.807) is 25.2 Å². The first-order valence-electron chi connectivity index (χ1n) is 11.4. The quantitative estimate of drug-likeness (QED) is 0.266. The van der Waals surface area contributed by atoms with E-state index in [4.69, 9.17) is 4.55 Å². The number of nitrogens with zero attached hydrogens (tertiary/aromatic N) is 2. The number of rotatable bonds is 7. The van der Waals surface area contributed by atoms with Gasteiger partial charge in [0, 0.05) is 36.9 Å². The van der Waals surface area contributed by atoms with Crippen LogP contribution in [0, 0.1) is 6.92 Å². The topological polar surface area (TPSA) is 145 Å². The van der Waals surface area contributed by atoms with Crippen LogP contribution in [0.4, 0.5) is 42.0 Å². The number of hydrogen-bond donors (Lipinski definition) is 5. The largest absolute Gasteiger partial charge is 0.421 e. The Bertz CT molecular complexity index is 1430. The molecule has 0 radical (unpaired) electrons. The molecule has 10 nitrogen and oxygen atoms in total. The van der Waals surface area contributed by atoms with Crippen LogP contribution in [0.3, 0.4) is 0 Å². The summed E-state index contributed by atoms with van der Waals surface area (Å²) in [5, 5.41) is 11.5. The van der Waals surface area contributed by atoms with Crippen LogP contribution in [0.25, 0.3) is 0 Å². The molecule has 0 saturated heterocycles. The zero-order valence-electron chi connectivity index (χ0n) is 20.8. The highest BCUT2D eigenvalue weighted by Crippen LogP contribution is 2.35. The molecule has 0 bridgehead atoms. The van der Waals surface area contributed by atoms with Crippen LogP contribution >= 0.6 is 0 Å². The lowest BCUT2D eigenvalue weighted by molar-refractivity contribution is -0.137. The van der Waals surface area contributed by atoms with Gasteiger partial charge in [-0.3, -0.25) is 9.35 Å². The molecule has 14 heteroatoms. The predicted octanol–water partition coefficient (Wildman–Crippen LogP) is 4.59.